The quantitative estimate of drug-likeness (QED) is 0.681. The number of aryl methyl sites for hydroxylation is 1. The van der Waals surface area contributed by atoms with Crippen LogP contribution in [0.5, 0.6) is 0 Å². The second-order valence-electron chi connectivity index (χ2n) is 5.18. The highest BCUT2D eigenvalue weighted by Crippen LogP contribution is 2.29. The second kappa shape index (κ2) is 7.99. The molecule has 0 atom stereocenters. The molecule has 0 aromatic carbocycles. The van der Waals surface area contributed by atoms with Gasteiger partial charge in [0, 0.05) is 35.3 Å². The van der Waals surface area contributed by atoms with Gasteiger partial charge in [0.2, 0.25) is 5.91 Å². The van der Waals surface area contributed by atoms with Crippen LogP contribution in [-0.2, 0) is 11.2 Å². The van der Waals surface area contributed by atoms with Crippen LogP contribution in [0.4, 0.5) is 0 Å². The summed E-state index contributed by atoms with van der Waals surface area (Å²) in [6.07, 6.45) is 7.54. The second-order valence-corrected chi connectivity index (χ2v) is 7.41. The zero-order valence-electron chi connectivity index (χ0n) is 13.2. The normalized spacial score (nSPS) is 11.0. The molecule has 3 heterocycles. The first-order chi connectivity index (χ1) is 11.7. The molecule has 0 saturated heterocycles. The lowest BCUT2D eigenvalue weighted by molar-refractivity contribution is -0.116. The molecule has 6 heteroatoms. The Kier molecular flexibility index (Phi) is 5.51. The Bertz CT molecular complexity index is 837. The van der Waals surface area contributed by atoms with Crippen molar-refractivity contribution in [3.63, 3.8) is 0 Å². The molecule has 1 N–H and O–H groups in total. The molecule has 0 unspecified atom stereocenters. The molecule has 3 aromatic rings. The third kappa shape index (κ3) is 4.59. The molecule has 1 amide bonds. The summed E-state index contributed by atoms with van der Waals surface area (Å²) in [5, 5.41) is 6.06. The van der Waals surface area contributed by atoms with E-state index < -0.39 is 0 Å². The fraction of sp³-hybridized carbons (Fsp3) is 0.167. The van der Waals surface area contributed by atoms with Crippen LogP contribution in [0, 0.1) is 6.92 Å². The van der Waals surface area contributed by atoms with Crippen LogP contribution in [0.1, 0.15) is 15.4 Å². The number of nitrogens with one attached hydrogen (secondary N) is 1. The number of amides is 1. The number of pyridine rings is 1. The summed E-state index contributed by atoms with van der Waals surface area (Å²) >= 11 is 3.39. The fourth-order valence-electron chi connectivity index (χ4n) is 2.14. The van der Waals surface area contributed by atoms with Crippen molar-refractivity contribution in [1.82, 2.24) is 15.3 Å². The number of rotatable bonds is 6. The molecule has 0 aliphatic heterocycles. The molecule has 3 rings (SSSR count). The number of carbonyl (C=O) groups excluding carboxylic acids is 1. The van der Waals surface area contributed by atoms with Crippen LogP contribution < -0.4 is 5.32 Å². The van der Waals surface area contributed by atoms with Gasteiger partial charge in [-0.3, -0.25) is 9.78 Å². The molecule has 0 radical (unpaired) electrons. The highest BCUT2D eigenvalue weighted by Gasteiger charge is 2.06. The summed E-state index contributed by atoms with van der Waals surface area (Å²) in [5.74, 6) is -0.0919. The Balaban J connectivity index is 1.47. The number of nitrogens with zero attached hydrogens (tertiary/aromatic N) is 2. The maximum atomic E-state index is 11.8. The number of thiazole rings is 1. The number of carbonyl (C=O) groups is 1. The third-order valence-corrected chi connectivity index (χ3v) is 5.26. The molecule has 3 aromatic heterocycles. The molecule has 0 saturated carbocycles. The molecule has 122 valence electrons. The first kappa shape index (κ1) is 16.5. The smallest absolute Gasteiger partial charge is 0.244 e. The minimum Gasteiger partial charge on any atom is -0.352 e. The van der Waals surface area contributed by atoms with Gasteiger partial charge in [0.1, 0.15) is 0 Å². The number of hydrogen-bond acceptors (Lipinski definition) is 5. The van der Waals surface area contributed by atoms with E-state index >= 15 is 0 Å². The summed E-state index contributed by atoms with van der Waals surface area (Å²) in [6.45, 7) is 2.63. The largest absolute Gasteiger partial charge is 0.352 e. The van der Waals surface area contributed by atoms with Crippen molar-refractivity contribution >= 4 is 34.7 Å². The average Bonchev–Trinajstić information content (AvgIpc) is 3.23. The van der Waals surface area contributed by atoms with Gasteiger partial charge in [-0.15, -0.1) is 22.7 Å². The van der Waals surface area contributed by atoms with Gasteiger partial charge >= 0.3 is 0 Å². The van der Waals surface area contributed by atoms with E-state index in [0.29, 0.717) is 6.54 Å². The molecule has 0 spiro atoms. The van der Waals surface area contributed by atoms with Crippen molar-refractivity contribution in [1.29, 1.82) is 0 Å². The Morgan fingerprint density at radius 2 is 2.25 bits per heavy atom. The Morgan fingerprint density at radius 3 is 3.00 bits per heavy atom. The summed E-state index contributed by atoms with van der Waals surface area (Å²) < 4.78 is 0. The van der Waals surface area contributed by atoms with Crippen LogP contribution >= 0.6 is 22.7 Å². The lowest BCUT2D eigenvalue weighted by Crippen LogP contribution is -2.23. The van der Waals surface area contributed by atoms with Gasteiger partial charge in [0.25, 0.3) is 0 Å². The predicted octanol–water partition coefficient (Wildman–Crippen LogP) is 3.95. The van der Waals surface area contributed by atoms with Crippen molar-refractivity contribution in [2.75, 3.05) is 6.54 Å². The van der Waals surface area contributed by atoms with E-state index in [-0.39, 0.29) is 5.91 Å². The first-order valence-electron chi connectivity index (χ1n) is 7.58. The van der Waals surface area contributed by atoms with Gasteiger partial charge < -0.3 is 5.32 Å². The van der Waals surface area contributed by atoms with E-state index in [9.17, 15) is 4.79 Å². The lowest BCUT2D eigenvalue weighted by atomic mass is 10.2. The summed E-state index contributed by atoms with van der Waals surface area (Å²) in [4.78, 5) is 22.7. The van der Waals surface area contributed by atoms with Gasteiger partial charge in [-0.2, -0.15) is 0 Å². The molecule has 0 aliphatic rings. The zero-order valence-corrected chi connectivity index (χ0v) is 14.9. The maximum Gasteiger partial charge on any atom is 0.244 e. The van der Waals surface area contributed by atoms with Crippen molar-refractivity contribution < 1.29 is 4.79 Å². The van der Waals surface area contributed by atoms with E-state index in [0.717, 1.165) is 22.7 Å². The van der Waals surface area contributed by atoms with Crippen molar-refractivity contribution in [3.05, 3.63) is 63.6 Å². The molecule has 0 aliphatic carbocycles. The van der Waals surface area contributed by atoms with Crippen LogP contribution in [0.15, 0.2) is 48.1 Å². The van der Waals surface area contributed by atoms with Gasteiger partial charge in [0.05, 0.1) is 15.6 Å². The molecule has 0 fully saturated rings. The number of aromatic nitrogens is 2. The van der Waals surface area contributed by atoms with Crippen LogP contribution in [0.3, 0.4) is 0 Å². The van der Waals surface area contributed by atoms with Crippen molar-refractivity contribution in [3.8, 4) is 10.6 Å². The van der Waals surface area contributed by atoms with Gasteiger partial charge in [-0.05, 0) is 43.2 Å². The van der Waals surface area contributed by atoms with Gasteiger partial charge in [-0.25, -0.2) is 4.98 Å². The maximum absolute atomic E-state index is 11.8. The first-order valence-corrected chi connectivity index (χ1v) is 9.27. The van der Waals surface area contributed by atoms with E-state index in [4.69, 9.17) is 0 Å². The Morgan fingerprint density at radius 1 is 1.33 bits per heavy atom. The van der Waals surface area contributed by atoms with Crippen molar-refractivity contribution in [2.45, 2.75) is 13.3 Å². The minimum atomic E-state index is -0.0919. The number of hydrogen-bond donors (Lipinski definition) is 1. The molecule has 24 heavy (non-hydrogen) atoms. The fourth-order valence-corrected chi connectivity index (χ4v) is 3.80. The van der Waals surface area contributed by atoms with Crippen LogP contribution in [0.25, 0.3) is 16.6 Å². The summed E-state index contributed by atoms with van der Waals surface area (Å²) in [7, 11) is 0. The monoisotopic (exact) mass is 355 g/mol. The highest BCUT2D eigenvalue weighted by molar-refractivity contribution is 7.16. The third-order valence-electron chi connectivity index (χ3n) is 3.32. The Labute approximate surface area is 148 Å². The standard InChI is InChI=1S/C18H17N3OS2/c1-13-21-16(12-23-13)17-6-5-15(24-17)8-10-20-18(22)7-4-14-3-2-9-19-11-14/h2-7,9,11-12H,8,10H2,1H3,(H,20,22)/b7-4+. The minimum absolute atomic E-state index is 0.0919. The molecular formula is C18H17N3OS2. The van der Waals surface area contributed by atoms with Gasteiger partial charge in [0.15, 0.2) is 0 Å². The van der Waals surface area contributed by atoms with Crippen LogP contribution in [-0.4, -0.2) is 22.4 Å². The number of thiophene rings is 1. The molecule has 0 bridgehead atoms. The average molecular weight is 355 g/mol. The lowest BCUT2D eigenvalue weighted by Gasteiger charge is -2.00. The Hall–Kier alpha value is -2.31. The van der Waals surface area contributed by atoms with E-state index in [2.05, 4.69) is 32.8 Å². The van der Waals surface area contributed by atoms with Crippen LogP contribution in [0.2, 0.25) is 0 Å². The van der Waals surface area contributed by atoms with E-state index in [1.165, 1.54) is 15.8 Å². The van der Waals surface area contributed by atoms with E-state index in [1.807, 2.05) is 19.1 Å². The highest BCUT2D eigenvalue weighted by atomic mass is 32.1. The summed E-state index contributed by atoms with van der Waals surface area (Å²) in [6, 6.07) is 7.95. The van der Waals surface area contributed by atoms with E-state index in [1.54, 1.807) is 41.1 Å². The molecular weight excluding hydrogens is 338 g/mol. The topological polar surface area (TPSA) is 54.9 Å². The van der Waals surface area contributed by atoms with Crippen molar-refractivity contribution in [2.24, 2.45) is 0 Å². The van der Waals surface area contributed by atoms with Gasteiger partial charge in [-0.1, -0.05) is 6.07 Å². The zero-order chi connectivity index (χ0) is 16.8. The molecule has 4 nitrogen and oxygen atoms in total. The predicted molar refractivity (Wildman–Crippen MR) is 100 cm³/mol. The summed E-state index contributed by atoms with van der Waals surface area (Å²) in [5.41, 5.74) is 1.95. The SMILES string of the molecule is Cc1nc(-c2ccc(CCNC(=O)/C=C/c3cccnc3)s2)cs1.